The molecule has 1 N–H and O–H groups in total. The molecular formula is C18H25NO3. The second-order valence-corrected chi connectivity index (χ2v) is 6.28. The van der Waals surface area contributed by atoms with Crippen molar-refractivity contribution in [2.45, 2.75) is 57.7 Å². The minimum Gasteiger partial charge on any atom is -0.481 e. The number of amides is 1. The first-order valence-corrected chi connectivity index (χ1v) is 8.40. The summed E-state index contributed by atoms with van der Waals surface area (Å²) >= 11 is 0. The molecule has 4 nitrogen and oxygen atoms in total. The first kappa shape index (κ1) is 15.3. The van der Waals surface area contributed by atoms with Crippen LogP contribution in [0, 0.1) is 0 Å². The molecule has 1 aromatic rings. The zero-order valence-corrected chi connectivity index (χ0v) is 13.3. The lowest BCUT2D eigenvalue weighted by Gasteiger charge is -2.19. The third kappa shape index (κ3) is 3.80. The quantitative estimate of drug-likeness (QED) is 0.909. The molecule has 1 aliphatic heterocycles. The van der Waals surface area contributed by atoms with Crippen LogP contribution in [0.5, 0.6) is 5.75 Å². The average molecular weight is 303 g/mol. The van der Waals surface area contributed by atoms with Crippen molar-refractivity contribution in [3.05, 3.63) is 29.3 Å². The Morgan fingerprint density at radius 2 is 2.14 bits per heavy atom. The number of carbonyl (C=O) groups is 1. The van der Waals surface area contributed by atoms with Crippen LogP contribution in [0.4, 0.5) is 0 Å². The fourth-order valence-corrected chi connectivity index (χ4v) is 3.20. The number of ether oxygens (including phenoxy) is 2. The van der Waals surface area contributed by atoms with Crippen molar-refractivity contribution in [2.75, 3.05) is 13.2 Å². The Balaban J connectivity index is 1.51. The van der Waals surface area contributed by atoms with E-state index in [0.29, 0.717) is 6.54 Å². The van der Waals surface area contributed by atoms with E-state index in [1.54, 1.807) is 6.92 Å². The number of nitrogens with one attached hydrogen (secondary N) is 1. The van der Waals surface area contributed by atoms with Gasteiger partial charge >= 0.3 is 0 Å². The average Bonchev–Trinajstić information content (AvgIpc) is 3.06. The van der Waals surface area contributed by atoms with Crippen molar-refractivity contribution in [1.29, 1.82) is 0 Å². The number of hydrogen-bond acceptors (Lipinski definition) is 3. The molecule has 2 atom stereocenters. The molecule has 1 heterocycles. The predicted octanol–water partition coefficient (Wildman–Crippen LogP) is 2.63. The van der Waals surface area contributed by atoms with Crippen molar-refractivity contribution in [3.8, 4) is 5.75 Å². The summed E-state index contributed by atoms with van der Waals surface area (Å²) in [5, 5.41) is 2.92. The van der Waals surface area contributed by atoms with Crippen molar-refractivity contribution in [2.24, 2.45) is 0 Å². The van der Waals surface area contributed by atoms with E-state index in [1.165, 1.54) is 24.0 Å². The summed E-state index contributed by atoms with van der Waals surface area (Å²) in [5.74, 6) is 0.716. The van der Waals surface area contributed by atoms with Gasteiger partial charge in [-0.25, -0.2) is 0 Å². The molecule has 0 aromatic heterocycles. The van der Waals surface area contributed by atoms with Gasteiger partial charge in [0.15, 0.2) is 6.10 Å². The highest BCUT2D eigenvalue weighted by Gasteiger charge is 2.20. The van der Waals surface area contributed by atoms with Gasteiger partial charge < -0.3 is 14.8 Å². The molecule has 0 bridgehead atoms. The maximum Gasteiger partial charge on any atom is 0.260 e. The lowest BCUT2D eigenvalue weighted by Crippen LogP contribution is -2.40. The maximum absolute atomic E-state index is 12.1. The molecule has 1 amide bonds. The Labute approximate surface area is 132 Å². The largest absolute Gasteiger partial charge is 0.481 e. The number of aryl methyl sites for hydroxylation is 2. The Morgan fingerprint density at radius 1 is 1.32 bits per heavy atom. The highest BCUT2D eigenvalue weighted by atomic mass is 16.5. The lowest BCUT2D eigenvalue weighted by molar-refractivity contribution is -0.127. The fourth-order valence-electron chi connectivity index (χ4n) is 3.20. The van der Waals surface area contributed by atoms with Gasteiger partial charge in [0.1, 0.15) is 5.75 Å². The molecule has 1 aliphatic carbocycles. The maximum atomic E-state index is 12.1. The van der Waals surface area contributed by atoms with E-state index >= 15 is 0 Å². The van der Waals surface area contributed by atoms with Crippen LogP contribution in [0.2, 0.25) is 0 Å². The fraction of sp³-hybridized carbons (Fsp3) is 0.611. The molecule has 2 aliphatic rings. The van der Waals surface area contributed by atoms with Crippen molar-refractivity contribution < 1.29 is 14.3 Å². The van der Waals surface area contributed by atoms with Gasteiger partial charge in [-0.05, 0) is 68.7 Å². The van der Waals surface area contributed by atoms with E-state index in [0.717, 1.165) is 38.0 Å². The molecule has 4 heteroatoms. The van der Waals surface area contributed by atoms with Gasteiger partial charge in [0.25, 0.3) is 5.91 Å². The second-order valence-electron chi connectivity index (χ2n) is 6.28. The smallest absolute Gasteiger partial charge is 0.260 e. The van der Waals surface area contributed by atoms with E-state index in [9.17, 15) is 4.79 Å². The normalized spacial score (nSPS) is 22.0. The van der Waals surface area contributed by atoms with Crippen molar-refractivity contribution in [3.63, 3.8) is 0 Å². The van der Waals surface area contributed by atoms with Gasteiger partial charge in [-0.2, -0.15) is 0 Å². The third-order valence-electron chi connectivity index (χ3n) is 4.53. The first-order chi connectivity index (χ1) is 10.7. The minimum atomic E-state index is -0.483. The van der Waals surface area contributed by atoms with Crippen LogP contribution in [0.25, 0.3) is 0 Å². The minimum absolute atomic E-state index is 0.0757. The summed E-state index contributed by atoms with van der Waals surface area (Å²) in [5.41, 5.74) is 2.80. The zero-order valence-electron chi connectivity index (χ0n) is 13.3. The highest BCUT2D eigenvalue weighted by Crippen LogP contribution is 2.25. The number of hydrogen-bond donors (Lipinski definition) is 1. The summed E-state index contributed by atoms with van der Waals surface area (Å²) in [7, 11) is 0. The van der Waals surface area contributed by atoms with Crippen LogP contribution in [0.1, 0.15) is 43.7 Å². The van der Waals surface area contributed by atoms with E-state index in [2.05, 4.69) is 17.4 Å². The molecule has 0 saturated carbocycles. The van der Waals surface area contributed by atoms with E-state index in [4.69, 9.17) is 9.47 Å². The molecule has 0 unspecified atom stereocenters. The zero-order chi connectivity index (χ0) is 15.4. The van der Waals surface area contributed by atoms with E-state index in [-0.39, 0.29) is 12.0 Å². The van der Waals surface area contributed by atoms with Crippen LogP contribution >= 0.6 is 0 Å². The van der Waals surface area contributed by atoms with Gasteiger partial charge in [-0.15, -0.1) is 0 Å². The molecular weight excluding hydrogens is 278 g/mol. The lowest BCUT2D eigenvalue weighted by atomic mass is 9.92. The van der Waals surface area contributed by atoms with Gasteiger partial charge in [0.2, 0.25) is 0 Å². The Hall–Kier alpha value is -1.55. The predicted molar refractivity (Wildman–Crippen MR) is 85.2 cm³/mol. The monoisotopic (exact) mass is 303 g/mol. The van der Waals surface area contributed by atoms with Crippen LogP contribution in [0.3, 0.4) is 0 Å². The molecule has 0 radical (unpaired) electrons. The van der Waals surface area contributed by atoms with Gasteiger partial charge in [-0.1, -0.05) is 6.07 Å². The van der Waals surface area contributed by atoms with Gasteiger partial charge in [-0.3, -0.25) is 4.79 Å². The van der Waals surface area contributed by atoms with Gasteiger partial charge in [0, 0.05) is 13.2 Å². The SMILES string of the molecule is C[C@H](Oc1ccc2c(c1)CCCC2)C(=O)NC[C@H]1CCCO1. The molecule has 120 valence electrons. The summed E-state index contributed by atoms with van der Waals surface area (Å²) in [6.45, 7) is 3.18. The first-order valence-electron chi connectivity index (χ1n) is 8.40. The second kappa shape index (κ2) is 7.14. The van der Waals surface area contributed by atoms with Crippen LogP contribution in [-0.4, -0.2) is 31.3 Å². The van der Waals surface area contributed by atoms with Crippen LogP contribution in [-0.2, 0) is 22.4 Å². The molecule has 22 heavy (non-hydrogen) atoms. The Kier molecular flexibility index (Phi) is 4.98. The molecule has 0 spiro atoms. The molecule has 3 rings (SSSR count). The van der Waals surface area contributed by atoms with Crippen molar-refractivity contribution in [1.82, 2.24) is 5.32 Å². The summed E-state index contributed by atoms with van der Waals surface area (Å²) < 4.78 is 11.3. The Morgan fingerprint density at radius 3 is 2.91 bits per heavy atom. The standard InChI is InChI=1S/C18H25NO3/c1-13(18(20)19-12-17-7-4-10-21-17)22-16-9-8-14-5-2-3-6-15(14)11-16/h8-9,11,13,17H,2-7,10,12H2,1H3,(H,19,20)/t13-,17+/m0/s1. The van der Waals surface area contributed by atoms with E-state index < -0.39 is 6.10 Å². The topological polar surface area (TPSA) is 47.6 Å². The number of fused-ring (bicyclic) bond motifs is 1. The van der Waals surface area contributed by atoms with Crippen molar-refractivity contribution >= 4 is 5.91 Å². The number of rotatable bonds is 5. The Bertz CT molecular complexity index is 523. The molecule has 1 aromatic carbocycles. The third-order valence-corrected chi connectivity index (χ3v) is 4.53. The summed E-state index contributed by atoms with van der Waals surface area (Å²) in [4.78, 5) is 12.1. The van der Waals surface area contributed by atoms with E-state index in [1.807, 2.05) is 6.07 Å². The van der Waals surface area contributed by atoms with Crippen LogP contribution in [0.15, 0.2) is 18.2 Å². The summed E-state index contributed by atoms with van der Waals surface area (Å²) in [6.07, 6.45) is 6.59. The number of benzene rings is 1. The summed E-state index contributed by atoms with van der Waals surface area (Å²) in [6, 6.07) is 6.22. The molecule has 1 fully saturated rings. The highest BCUT2D eigenvalue weighted by molar-refractivity contribution is 5.80. The van der Waals surface area contributed by atoms with Gasteiger partial charge in [0.05, 0.1) is 6.10 Å². The molecule has 1 saturated heterocycles. The number of carbonyl (C=O) groups excluding carboxylic acids is 1. The van der Waals surface area contributed by atoms with Crippen LogP contribution < -0.4 is 10.1 Å².